The lowest BCUT2D eigenvalue weighted by atomic mass is 10.4. The summed E-state index contributed by atoms with van der Waals surface area (Å²) in [7, 11) is 1.23. The molecule has 0 aromatic carbocycles. The lowest BCUT2D eigenvalue weighted by molar-refractivity contribution is -0.142. The number of rotatable bonds is 1. The first-order valence-electron chi connectivity index (χ1n) is 2.74. The van der Waals surface area contributed by atoms with E-state index in [0.717, 1.165) is 11.8 Å². The van der Waals surface area contributed by atoms with Crippen LogP contribution in [0, 0.1) is 0 Å². The van der Waals surface area contributed by atoms with E-state index in [1.165, 1.54) is 7.11 Å². The van der Waals surface area contributed by atoms with E-state index in [2.05, 4.69) is 22.3 Å². The van der Waals surface area contributed by atoms with Gasteiger partial charge in [0.1, 0.15) is 4.32 Å². The van der Waals surface area contributed by atoms with Gasteiger partial charge in [0.25, 0.3) is 0 Å². The average Bonchev–Trinajstić information content (AvgIpc) is 2.28. The molecule has 1 heterocycles. The second kappa shape index (κ2) is 3.19. The lowest BCUT2D eigenvalue weighted by Crippen LogP contribution is -2.30. The van der Waals surface area contributed by atoms with Gasteiger partial charge in [-0.2, -0.15) is 0 Å². The van der Waals surface area contributed by atoms with E-state index in [1.54, 1.807) is 0 Å². The van der Waals surface area contributed by atoms with Gasteiger partial charge in [0.15, 0.2) is 5.25 Å². The molecule has 0 aromatic heterocycles. The molecular weight excluding hydrogens is 186 g/mol. The topological polar surface area (TPSA) is 55.4 Å². The number of esters is 1. The number of methoxy groups -OCH3 is 1. The van der Waals surface area contributed by atoms with Gasteiger partial charge in [-0.1, -0.05) is 24.0 Å². The predicted molar refractivity (Wildman–Crippen MR) is 44.1 cm³/mol. The monoisotopic (exact) mass is 191 g/mol. The Bertz CT molecular complexity index is 228. The van der Waals surface area contributed by atoms with Crippen molar-refractivity contribution in [2.24, 2.45) is 0 Å². The van der Waals surface area contributed by atoms with Gasteiger partial charge >= 0.3 is 5.97 Å². The Balaban J connectivity index is 2.67. The molecule has 1 N–H and O–H groups in total. The van der Waals surface area contributed by atoms with E-state index in [9.17, 15) is 9.59 Å². The molecule has 1 unspecified atom stereocenters. The fourth-order valence-electron chi connectivity index (χ4n) is 0.618. The molecule has 0 bridgehead atoms. The molecule has 0 saturated carbocycles. The number of nitrogens with one attached hydrogen (secondary N) is 1. The molecule has 1 amide bonds. The van der Waals surface area contributed by atoms with Crippen molar-refractivity contribution in [1.29, 1.82) is 0 Å². The van der Waals surface area contributed by atoms with Gasteiger partial charge in [0.05, 0.1) is 7.11 Å². The standard InChI is InChI=1S/C5H5NO3S2/c1-9-4(8)2-3(7)6-5(10)11-2/h2H,1H3,(H,6,7,10). The van der Waals surface area contributed by atoms with Gasteiger partial charge in [0, 0.05) is 0 Å². The quantitative estimate of drug-likeness (QED) is 0.349. The van der Waals surface area contributed by atoms with Crippen LogP contribution in [0.25, 0.3) is 0 Å². The normalized spacial score (nSPS) is 23.2. The van der Waals surface area contributed by atoms with E-state index in [4.69, 9.17) is 0 Å². The largest absolute Gasteiger partial charge is 0.468 e. The molecule has 1 aliphatic heterocycles. The first kappa shape index (κ1) is 8.48. The number of hydrogen-bond acceptors (Lipinski definition) is 5. The van der Waals surface area contributed by atoms with Crippen LogP contribution in [0.2, 0.25) is 0 Å². The fourth-order valence-corrected chi connectivity index (χ4v) is 1.74. The highest BCUT2D eigenvalue weighted by Gasteiger charge is 2.35. The molecule has 1 atom stereocenters. The van der Waals surface area contributed by atoms with Gasteiger partial charge in [0.2, 0.25) is 5.91 Å². The van der Waals surface area contributed by atoms with Crippen molar-refractivity contribution in [3.8, 4) is 0 Å². The molecule has 0 aromatic rings. The summed E-state index contributed by atoms with van der Waals surface area (Å²) < 4.78 is 4.70. The Morgan fingerprint density at radius 2 is 2.45 bits per heavy atom. The molecule has 4 nitrogen and oxygen atoms in total. The highest BCUT2D eigenvalue weighted by molar-refractivity contribution is 8.24. The summed E-state index contributed by atoms with van der Waals surface area (Å²) in [6.45, 7) is 0. The number of amides is 1. The minimum atomic E-state index is -0.813. The first-order chi connectivity index (χ1) is 5.15. The third kappa shape index (κ3) is 1.69. The summed E-state index contributed by atoms with van der Waals surface area (Å²) >= 11 is 5.67. The Morgan fingerprint density at radius 1 is 1.82 bits per heavy atom. The van der Waals surface area contributed by atoms with Crippen LogP contribution in [0.1, 0.15) is 0 Å². The molecule has 0 spiro atoms. The van der Waals surface area contributed by atoms with Gasteiger partial charge in [-0.05, 0) is 0 Å². The maximum Gasteiger partial charge on any atom is 0.328 e. The Kier molecular flexibility index (Phi) is 2.45. The fraction of sp³-hybridized carbons (Fsp3) is 0.400. The molecule has 60 valence electrons. The van der Waals surface area contributed by atoms with Crippen molar-refractivity contribution < 1.29 is 14.3 Å². The molecule has 1 aliphatic rings. The summed E-state index contributed by atoms with van der Waals surface area (Å²) in [5, 5.41) is 1.52. The minimum absolute atomic E-state index is 0.324. The van der Waals surface area contributed by atoms with Crippen LogP contribution < -0.4 is 5.32 Å². The Labute approximate surface area is 72.7 Å². The summed E-state index contributed by atoms with van der Waals surface area (Å²) in [6, 6.07) is 0. The maximum absolute atomic E-state index is 10.9. The van der Waals surface area contributed by atoms with E-state index in [1.807, 2.05) is 0 Å². The number of ether oxygens (including phenoxy) is 1. The van der Waals surface area contributed by atoms with Crippen LogP contribution in [0.3, 0.4) is 0 Å². The number of carbonyl (C=O) groups excluding carboxylic acids is 2. The molecular formula is C5H5NO3S2. The van der Waals surface area contributed by atoms with Crippen molar-refractivity contribution in [2.75, 3.05) is 7.11 Å². The van der Waals surface area contributed by atoms with Crippen LogP contribution in [0.5, 0.6) is 0 Å². The average molecular weight is 191 g/mol. The van der Waals surface area contributed by atoms with Gasteiger partial charge in [-0.3, -0.25) is 9.59 Å². The molecule has 1 fully saturated rings. The van der Waals surface area contributed by atoms with Crippen molar-refractivity contribution in [3.05, 3.63) is 0 Å². The number of thiocarbonyl (C=S) groups is 1. The smallest absolute Gasteiger partial charge is 0.328 e. The van der Waals surface area contributed by atoms with Crippen LogP contribution in [-0.2, 0) is 14.3 Å². The Morgan fingerprint density at radius 3 is 2.82 bits per heavy atom. The highest BCUT2D eigenvalue weighted by Crippen LogP contribution is 2.19. The summed E-state index contributed by atoms with van der Waals surface area (Å²) in [4.78, 5) is 21.7. The summed E-state index contributed by atoms with van der Waals surface area (Å²) in [5.74, 6) is -0.959. The second-order valence-corrected chi connectivity index (χ2v) is 3.58. The van der Waals surface area contributed by atoms with E-state index >= 15 is 0 Å². The van der Waals surface area contributed by atoms with E-state index in [-0.39, 0.29) is 0 Å². The molecule has 1 saturated heterocycles. The number of hydrogen-bond donors (Lipinski definition) is 1. The Hall–Kier alpha value is -0.620. The van der Waals surface area contributed by atoms with Gasteiger partial charge < -0.3 is 10.1 Å². The molecule has 1 rings (SSSR count). The van der Waals surface area contributed by atoms with Crippen LogP contribution in [-0.4, -0.2) is 28.6 Å². The zero-order chi connectivity index (χ0) is 8.43. The number of carbonyl (C=O) groups is 2. The second-order valence-electron chi connectivity index (χ2n) is 1.80. The van der Waals surface area contributed by atoms with Crippen LogP contribution >= 0.6 is 24.0 Å². The molecule has 0 radical (unpaired) electrons. The SMILES string of the molecule is COC(=O)C1SC(=S)NC1=O. The van der Waals surface area contributed by atoms with E-state index in [0.29, 0.717) is 4.32 Å². The first-order valence-corrected chi connectivity index (χ1v) is 4.03. The van der Waals surface area contributed by atoms with Crippen molar-refractivity contribution in [1.82, 2.24) is 5.32 Å². The van der Waals surface area contributed by atoms with Crippen LogP contribution in [0.15, 0.2) is 0 Å². The lowest BCUT2D eigenvalue weighted by Gasteiger charge is -2.00. The number of thioether (sulfide) groups is 1. The molecule has 6 heteroatoms. The summed E-state index contributed by atoms with van der Waals surface area (Å²) in [5.41, 5.74) is 0. The van der Waals surface area contributed by atoms with E-state index < -0.39 is 17.1 Å². The maximum atomic E-state index is 10.9. The van der Waals surface area contributed by atoms with Crippen molar-refractivity contribution in [3.63, 3.8) is 0 Å². The zero-order valence-corrected chi connectivity index (χ0v) is 7.25. The summed E-state index contributed by atoms with van der Waals surface area (Å²) in [6.07, 6.45) is 0. The zero-order valence-electron chi connectivity index (χ0n) is 5.62. The third-order valence-corrected chi connectivity index (χ3v) is 2.45. The van der Waals surface area contributed by atoms with Gasteiger partial charge in [-0.25, -0.2) is 0 Å². The molecule has 0 aliphatic carbocycles. The third-order valence-electron chi connectivity index (χ3n) is 1.10. The highest BCUT2D eigenvalue weighted by atomic mass is 32.2. The van der Waals surface area contributed by atoms with Gasteiger partial charge in [-0.15, -0.1) is 0 Å². The predicted octanol–water partition coefficient (Wildman–Crippen LogP) is -0.324. The molecule has 11 heavy (non-hydrogen) atoms. The van der Waals surface area contributed by atoms with Crippen molar-refractivity contribution >= 4 is 40.2 Å². The minimum Gasteiger partial charge on any atom is -0.468 e. The van der Waals surface area contributed by atoms with Crippen LogP contribution in [0.4, 0.5) is 0 Å². The van der Waals surface area contributed by atoms with Crippen molar-refractivity contribution in [2.45, 2.75) is 5.25 Å².